The van der Waals surface area contributed by atoms with Crippen molar-refractivity contribution in [3.63, 3.8) is 0 Å². The molecule has 3 aliphatic carbocycles. The Morgan fingerprint density at radius 1 is 1.04 bits per heavy atom. The van der Waals surface area contributed by atoms with Gasteiger partial charge in [0.2, 0.25) is 11.5 Å². The largest absolute Gasteiger partial charge is 0.506 e. The Balaban J connectivity index is 0.788. The number of carbonyl (C=O) groups excluding carboxylic acids is 2. The Labute approximate surface area is 294 Å². The van der Waals surface area contributed by atoms with Crippen LogP contribution in [0.25, 0.3) is 10.2 Å². The van der Waals surface area contributed by atoms with E-state index >= 15 is 0 Å². The molecule has 5 N–H and O–H groups in total. The highest BCUT2D eigenvalue weighted by Crippen LogP contribution is 2.88. The number of aromatic hydroxyl groups is 1. The van der Waals surface area contributed by atoms with Crippen molar-refractivity contribution in [1.29, 1.82) is 0 Å². The molecule has 254 valence electrons. The molecule has 3 heterocycles. The van der Waals surface area contributed by atoms with Crippen LogP contribution in [0.5, 0.6) is 5.75 Å². The summed E-state index contributed by atoms with van der Waals surface area (Å²) in [5, 5.41) is 31.8. The van der Waals surface area contributed by atoms with E-state index in [4.69, 9.17) is 4.74 Å². The van der Waals surface area contributed by atoms with Gasteiger partial charge in [0, 0.05) is 29.0 Å². The van der Waals surface area contributed by atoms with Crippen molar-refractivity contribution in [2.75, 3.05) is 32.0 Å². The van der Waals surface area contributed by atoms with E-state index in [0.717, 1.165) is 65.2 Å². The maximum Gasteiger partial charge on any atom is 0.349 e. The van der Waals surface area contributed by atoms with Gasteiger partial charge in [0.15, 0.2) is 0 Å². The zero-order chi connectivity index (χ0) is 33.9. The summed E-state index contributed by atoms with van der Waals surface area (Å²) in [6, 6.07) is 18.7. The molecule has 8 rings (SSSR count). The van der Waals surface area contributed by atoms with E-state index in [0.29, 0.717) is 15.3 Å². The molecule has 0 saturated heterocycles. The summed E-state index contributed by atoms with van der Waals surface area (Å²) in [6.45, 7) is 1.76. The molecule has 3 saturated carbocycles. The summed E-state index contributed by atoms with van der Waals surface area (Å²) in [7, 11) is 1.96. The van der Waals surface area contributed by atoms with E-state index in [9.17, 15) is 24.6 Å². The number of H-pyrrole nitrogens is 1. The van der Waals surface area contributed by atoms with Crippen molar-refractivity contribution in [2.24, 2.45) is 17.3 Å². The van der Waals surface area contributed by atoms with Crippen molar-refractivity contribution in [3.8, 4) is 5.75 Å². The third-order valence-electron chi connectivity index (χ3n) is 10.5. The van der Waals surface area contributed by atoms with Gasteiger partial charge >= 0.3 is 10.8 Å². The zero-order valence-corrected chi connectivity index (χ0v) is 29.1. The number of likely N-dealkylation sites (N-methyl/N-ethyl adjacent to an activating group) is 1. The van der Waals surface area contributed by atoms with Gasteiger partial charge in [0.25, 0.3) is 0 Å². The molecule has 5 aromatic rings. The second kappa shape index (κ2) is 12.5. The molecule has 0 aliphatic heterocycles. The lowest BCUT2D eigenvalue weighted by Gasteiger charge is -2.30. The molecule has 49 heavy (non-hydrogen) atoms. The molecule has 5 unspecified atom stereocenters. The van der Waals surface area contributed by atoms with Gasteiger partial charge in [0.1, 0.15) is 17.4 Å². The predicted octanol–water partition coefficient (Wildman–Crippen LogP) is 4.53. The van der Waals surface area contributed by atoms with Crippen LogP contribution in [0, 0.1) is 17.3 Å². The number of nitrogens with one attached hydrogen (secondary N) is 3. The summed E-state index contributed by atoms with van der Waals surface area (Å²) in [6.07, 6.45) is 2.31. The number of rotatable bonds is 14. The molecule has 3 fully saturated rings. The summed E-state index contributed by atoms with van der Waals surface area (Å²) in [5.41, 5.74) is 1.75. The molecule has 0 bridgehead atoms. The Hall–Kier alpha value is -3.85. The molecule has 13 heteroatoms. The van der Waals surface area contributed by atoms with Gasteiger partial charge in [-0.2, -0.15) is 0 Å². The number of aliphatic hydroxyl groups is 1. The van der Waals surface area contributed by atoms with Crippen LogP contribution in [0.15, 0.2) is 76.2 Å². The summed E-state index contributed by atoms with van der Waals surface area (Å²) < 4.78 is 6.85. The van der Waals surface area contributed by atoms with Crippen LogP contribution in [0.1, 0.15) is 27.3 Å². The number of thiophene rings is 2. The third-order valence-corrected chi connectivity index (χ3v) is 13.4. The quantitative estimate of drug-likeness (QED) is 0.0834. The molecule has 0 radical (unpaired) electrons. The van der Waals surface area contributed by atoms with Crippen LogP contribution >= 0.6 is 34.0 Å². The number of anilines is 1. The standard InChI is InChI=1S/C36H36N4O6S3/c1-40(32-28-30(23-18-35(23,28)32)46-33(43)36(45,25-4-2-16-47-25)26-5-3-17-48-26)19-27(42)38-22-9-6-20(7-10-22)12-14-37-15-13-21-8-11-24(41)29-31(21)49-34(44)39-29/h2-11,16-17,23,28,30,32,37,41,45H,12-15,18-19H2,1H3,(H,38,42)(H,39,44). The molecular formula is C36H36N4O6S3. The van der Waals surface area contributed by atoms with Crippen molar-refractivity contribution >= 4 is 61.8 Å². The molecule has 3 aromatic heterocycles. The number of esters is 1. The van der Waals surface area contributed by atoms with Gasteiger partial charge in [0.05, 0.1) is 21.0 Å². The second-order valence-electron chi connectivity index (χ2n) is 13.3. The highest BCUT2D eigenvalue weighted by Gasteiger charge is 2.93. The highest BCUT2D eigenvalue weighted by atomic mass is 32.1. The first-order valence-electron chi connectivity index (χ1n) is 16.3. The number of aromatic amines is 1. The lowest BCUT2D eigenvalue weighted by molar-refractivity contribution is -0.173. The first-order valence-corrected chi connectivity index (χ1v) is 18.9. The van der Waals surface area contributed by atoms with Crippen molar-refractivity contribution < 1.29 is 24.5 Å². The SMILES string of the molecule is CN(CC(=O)Nc1ccc(CCNCCc2ccc(O)c3[nH]c(=O)sc23)cc1)C1C2C(OC(=O)C(O)(c3cccs3)c3cccs3)C3CC321. The minimum absolute atomic E-state index is 0.0895. The smallest absolute Gasteiger partial charge is 0.349 e. The van der Waals surface area contributed by atoms with E-state index in [1.165, 1.54) is 22.7 Å². The average molecular weight is 717 g/mol. The number of thiazole rings is 1. The van der Waals surface area contributed by atoms with Gasteiger partial charge in [-0.15, -0.1) is 22.7 Å². The fourth-order valence-corrected chi connectivity index (χ4v) is 10.6. The lowest BCUT2D eigenvalue weighted by atomic mass is 9.95. The molecular weight excluding hydrogens is 681 g/mol. The van der Waals surface area contributed by atoms with Gasteiger partial charge in [-0.05, 0) is 91.6 Å². The van der Waals surface area contributed by atoms with E-state index in [1.54, 1.807) is 18.2 Å². The molecule has 1 spiro atoms. The first-order chi connectivity index (χ1) is 23.7. The molecule has 5 atom stereocenters. The molecule has 2 aromatic carbocycles. The number of benzene rings is 2. The van der Waals surface area contributed by atoms with E-state index in [-0.39, 0.29) is 52.5 Å². The minimum atomic E-state index is -1.81. The Morgan fingerprint density at radius 3 is 2.45 bits per heavy atom. The van der Waals surface area contributed by atoms with Gasteiger partial charge < -0.3 is 30.6 Å². The summed E-state index contributed by atoms with van der Waals surface area (Å²) in [4.78, 5) is 43.9. The van der Waals surface area contributed by atoms with E-state index < -0.39 is 11.6 Å². The normalized spacial score (nSPS) is 23.5. The van der Waals surface area contributed by atoms with Crippen LogP contribution in [-0.4, -0.2) is 70.8 Å². The number of phenolic OH excluding ortho intramolecular Hbond substituents is 1. The van der Waals surface area contributed by atoms with Crippen LogP contribution in [0.3, 0.4) is 0 Å². The maximum absolute atomic E-state index is 13.5. The second-order valence-corrected chi connectivity index (χ2v) is 16.2. The summed E-state index contributed by atoms with van der Waals surface area (Å²) >= 11 is 3.79. The fraction of sp³-hybridized carbons (Fsp3) is 0.361. The first kappa shape index (κ1) is 32.4. The number of hydrogen-bond acceptors (Lipinski definition) is 11. The summed E-state index contributed by atoms with van der Waals surface area (Å²) in [5.74, 6) is -0.159. The number of hydrogen-bond donors (Lipinski definition) is 5. The molecule has 3 aliphatic rings. The number of amides is 1. The van der Waals surface area contributed by atoms with Crippen LogP contribution in [0.2, 0.25) is 0 Å². The Morgan fingerprint density at radius 2 is 1.76 bits per heavy atom. The number of phenols is 1. The average Bonchev–Trinajstić information content (AvgIpc) is 3.53. The highest BCUT2D eigenvalue weighted by molar-refractivity contribution is 7.16. The lowest BCUT2D eigenvalue weighted by Crippen LogP contribution is -2.42. The van der Waals surface area contributed by atoms with Crippen LogP contribution in [-0.2, 0) is 32.8 Å². The predicted molar refractivity (Wildman–Crippen MR) is 191 cm³/mol. The number of nitrogens with zero attached hydrogens (tertiary/aromatic N) is 1. The number of ether oxygens (including phenoxy) is 1. The van der Waals surface area contributed by atoms with Crippen molar-refractivity contribution in [1.82, 2.24) is 15.2 Å². The van der Waals surface area contributed by atoms with Gasteiger partial charge in [-0.25, -0.2) is 4.79 Å². The van der Waals surface area contributed by atoms with Crippen LogP contribution < -0.4 is 15.5 Å². The topological polar surface area (TPSA) is 144 Å². The number of carbonyl (C=O) groups is 2. The van der Waals surface area contributed by atoms with Crippen molar-refractivity contribution in [3.05, 3.63) is 102 Å². The molecule has 1 amide bonds. The number of fused-ring (bicyclic) bond motifs is 1. The monoisotopic (exact) mass is 716 g/mol. The van der Waals surface area contributed by atoms with Crippen molar-refractivity contribution in [2.45, 2.75) is 37.0 Å². The Bertz CT molecular complexity index is 2020. The van der Waals surface area contributed by atoms with Gasteiger partial charge in [-0.3, -0.25) is 14.5 Å². The maximum atomic E-state index is 13.5. The van der Waals surface area contributed by atoms with Crippen LogP contribution in [0.4, 0.5) is 5.69 Å². The zero-order valence-electron chi connectivity index (χ0n) is 26.7. The Kier molecular flexibility index (Phi) is 8.24. The third kappa shape index (κ3) is 5.62. The van der Waals surface area contributed by atoms with E-state index in [1.807, 2.05) is 60.3 Å². The van der Waals surface area contributed by atoms with Gasteiger partial charge in [-0.1, -0.05) is 41.7 Å². The minimum Gasteiger partial charge on any atom is -0.506 e. The van der Waals surface area contributed by atoms with E-state index in [2.05, 4.69) is 20.5 Å². The molecule has 10 nitrogen and oxygen atoms in total. The fourth-order valence-electron chi connectivity index (χ4n) is 8.02. The number of aromatic nitrogens is 1.